The third-order valence-electron chi connectivity index (χ3n) is 4.36. The standard InChI is InChI=1S/C18H19N3OS3.C2H6/c22-15(19-10-12-4-1-5-12)11-25-18-20-16(13-6-2-8-23-13)17(21-18)14-7-3-9-24-14;1-2/h2-3,6-9,12H,1,4-5,10-11H2,(H,19,22)(H,20,21);1-2H3. The Balaban J connectivity index is 0.00000102. The summed E-state index contributed by atoms with van der Waals surface area (Å²) >= 11 is 4.84. The van der Waals surface area contributed by atoms with Crippen LogP contribution in [-0.2, 0) is 4.79 Å². The maximum atomic E-state index is 12.0. The lowest BCUT2D eigenvalue weighted by molar-refractivity contribution is -0.118. The average Bonchev–Trinajstić information content (AvgIpc) is 3.40. The predicted octanol–water partition coefficient (Wildman–Crippen LogP) is 5.90. The van der Waals surface area contributed by atoms with Crippen molar-refractivity contribution in [2.24, 2.45) is 5.92 Å². The van der Waals surface area contributed by atoms with Gasteiger partial charge in [-0.1, -0.05) is 44.2 Å². The number of imidazole rings is 1. The number of aromatic amines is 1. The Hall–Kier alpha value is -1.57. The van der Waals surface area contributed by atoms with E-state index >= 15 is 0 Å². The van der Waals surface area contributed by atoms with E-state index in [0.717, 1.165) is 32.8 Å². The third-order valence-corrected chi connectivity index (χ3v) is 6.99. The van der Waals surface area contributed by atoms with E-state index in [2.05, 4.69) is 33.2 Å². The van der Waals surface area contributed by atoms with Crippen molar-refractivity contribution in [3.05, 3.63) is 35.0 Å². The smallest absolute Gasteiger partial charge is 0.230 e. The number of amides is 1. The molecule has 7 heteroatoms. The van der Waals surface area contributed by atoms with Crippen LogP contribution in [0.1, 0.15) is 33.1 Å². The summed E-state index contributed by atoms with van der Waals surface area (Å²) in [5.74, 6) is 1.17. The molecule has 0 unspecified atom stereocenters. The monoisotopic (exact) mass is 419 g/mol. The average molecular weight is 420 g/mol. The number of hydrogen-bond donors (Lipinski definition) is 2. The van der Waals surface area contributed by atoms with Crippen LogP contribution < -0.4 is 5.32 Å². The van der Waals surface area contributed by atoms with Gasteiger partial charge in [-0.25, -0.2) is 4.98 Å². The van der Waals surface area contributed by atoms with Gasteiger partial charge < -0.3 is 10.3 Å². The lowest BCUT2D eigenvalue weighted by Gasteiger charge is -2.25. The second-order valence-electron chi connectivity index (χ2n) is 6.11. The quantitative estimate of drug-likeness (QED) is 0.469. The van der Waals surface area contributed by atoms with E-state index in [1.807, 2.05) is 26.0 Å². The van der Waals surface area contributed by atoms with Gasteiger partial charge in [0.1, 0.15) is 5.69 Å². The summed E-state index contributed by atoms with van der Waals surface area (Å²) in [4.78, 5) is 22.5. The van der Waals surface area contributed by atoms with E-state index in [-0.39, 0.29) is 5.91 Å². The largest absolute Gasteiger partial charge is 0.355 e. The molecule has 1 aliphatic rings. The first-order valence-electron chi connectivity index (χ1n) is 9.37. The van der Waals surface area contributed by atoms with Crippen molar-refractivity contribution in [2.45, 2.75) is 38.3 Å². The molecule has 3 aromatic rings. The van der Waals surface area contributed by atoms with Gasteiger partial charge in [-0.3, -0.25) is 4.79 Å². The molecule has 144 valence electrons. The zero-order valence-electron chi connectivity index (χ0n) is 15.7. The number of aromatic nitrogens is 2. The lowest BCUT2D eigenvalue weighted by atomic mass is 9.85. The molecule has 0 radical (unpaired) electrons. The van der Waals surface area contributed by atoms with Gasteiger partial charge in [-0.05, 0) is 41.7 Å². The molecule has 1 aliphatic carbocycles. The SMILES string of the molecule is CC.O=C(CSc1nc(-c2cccs2)c(-c2cccs2)[nH]1)NCC1CCC1. The number of nitrogens with one attached hydrogen (secondary N) is 2. The molecule has 4 rings (SSSR count). The molecule has 0 saturated heterocycles. The van der Waals surface area contributed by atoms with Gasteiger partial charge in [0, 0.05) is 6.54 Å². The molecule has 0 spiro atoms. The van der Waals surface area contributed by atoms with Crippen LogP contribution >= 0.6 is 34.4 Å². The van der Waals surface area contributed by atoms with Crippen molar-refractivity contribution in [3.8, 4) is 21.1 Å². The minimum absolute atomic E-state index is 0.0867. The Labute approximate surface area is 172 Å². The van der Waals surface area contributed by atoms with E-state index in [0.29, 0.717) is 11.7 Å². The molecule has 0 aliphatic heterocycles. The molecule has 1 fully saturated rings. The summed E-state index contributed by atoms with van der Waals surface area (Å²) in [5, 5.41) is 7.95. The van der Waals surface area contributed by atoms with Gasteiger partial charge in [0.05, 0.1) is 21.2 Å². The first kappa shape index (κ1) is 20.2. The van der Waals surface area contributed by atoms with E-state index in [9.17, 15) is 4.79 Å². The zero-order valence-corrected chi connectivity index (χ0v) is 18.1. The fraction of sp³-hybridized carbons (Fsp3) is 0.400. The molecule has 3 heterocycles. The molecule has 27 heavy (non-hydrogen) atoms. The summed E-state index contributed by atoms with van der Waals surface area (Å²) in [7, 11) is 0. The molecule has 3 aromatic heterocycles. The third kappa shape index (κ3) is 5.24. The van der Waals surface area contributed by atoms with E-state index < -0.39 is 0 Å². The van der Waals surface area contributed by atoms with Crippen molar-refractivity contribution >= 4 is 40.3 Å². The molecule has 4 nitrogen and oxygen atoms in total. The van der Waals surface area contributed by atoms with Crippen LogP contribution in [0, 0.1) is 5.92 Å². The Morgan fingerprint density at radius 1 is 1.22 bits per heavy atom. The summed E-state index contributed by atoms with van der Waals surface area (Å²) in [6, 6.07) is 8.25. The van der Waals surface area contributed by atoms with Crippen molar-refractivity contribution in [1.82, 2.24) is 15.3 Å². The number of H-pyrrole nitrogens is 1. The summed E-state index contributed by atoms with van der Waals surface area (Å²) in [6.07, 6.45) is 3.80. The number of thiophene rings is 2. The minimum Gasteiger partial charge on any atom is -0.355 e. The van der Waals surface area contributed by atoms with Crippen LogP contribution in [0.25, 0.3) is 21.1 Å². The summed E-state index contributed by atoms with van der Waals surface area (Å²) in [5.41, 5.74) is 2.00. The van der Waals surface area contributed by atoms with Crippen LogP contribution in [0.4, 0.5) is 0 Å². The van der Waals surface area contributed by atoms with Gasteiger partial charge in [0.25, 0.3) is 0 Å². The zero-order chi connectivity index (χ0) is 19.1. The fourth-order valence-corrected chi connectivity index (χ4v) is 4.90. The van der Waals surface area contributed by atoms with Gasteiger partial charge >= 0.3 is 0 Å². The Morgan fingerprint density at radius 2 is 1.93 bits per heavy atom. The van der Waals surface area contributed by atoms with Crippen molar-refractivity contribution in [3.63, 3.8) is 0 Å². The van der Waals surface area contributed by atoms with Gasteiger partial charge in [-0.15, -0.1) is 22.7 Å². The summed E-state index contributed by atoms with van der Waals surface area (Å²) < 4.78 is 0. The second-order valence-corrected chi connectivity index (χ2v) is 8.97. The number of carbonyl (C=O) groups is 1. The highest BCUT2D eigenvalue weighted by Crippen LogP contribution is 2.36. The molecule has 0 atom stereocenters. The lowest BCUT2D eigenvalue weighted by Crippen LogP contribution is -2.33. The Bertz CT molecular complexity index is 769. The van der Waals surface area contributed by atoms with Crippen LogP contribution in [0.2, 0.25) is 0 Å². The van der Waals surface area contributed by atoms with Crippen molar-refractivity contribution in [1.29, 1.82) is 0 Å². The van der Waals surface area contributed by atoms with Crippen LogP contribution in [0.3, 0.4) is 0 Å². The highest BCUT2D eigenvalue weighted by Gasteiger charge is 2.19. The normalized spacial score (nSPS) is 13.6. The van der Waals surface area contributed by atoms with Crippen molar-refractivity contribution in [2.75, 3.05) is 12.3 Å². The first-order valence-corrected chi connectivity index (χ1v) is 12.1. The number of thioether (sulfide) groups is 1. The molecule has 0 bridgehead atoms. The number of carbonyl (C=O) groups excluding carboxylic acids is 1. The maximum Gasteiger partial charge on any atom is 0.230 e. The van der Waals surface area contributed by atoms with Gasteiger partial charge in [-0.2, -0.15) is 0 Å². The molecular weight excluding hydrogens is 394 g/mol. The van der Waals surface area contributed by atoms with E-state index in [1.54, 1.807) is 22.7 Å². The molecule has 0 aromatic carbocycles. The second kappa shape index (κ2) is 10.1. The van der Waals surface area contributed by atoms with Crippen LogP contribution in [0.5, 0.6) is 0 Å². The predicted molar refractivity (Wildman–Crippen MR) is 118 cm³/mol. The fourth-order valence-electron chi connectivity index (χ4n) is 2.75. The maximum absolute atomic E-state index is 12.0. The van der Waals surface area contributed by atoms with E-state index in [1.165, 1.54) is 31.0 Å². The molecular formula is C20H25N3OS3. The molecule has 1 amide bonds. The van der Waals surface area contributed by atoms with E-state index in [4.69, 9.17) is 4.98 Å². The minimum atomic E-state index is 0.0867. The highest BCUT2D eigenvalue weighted by molar-refractivity contribution is 7.99. The number of rotatable bonds is 7. The highest BCUT2D eigenvalue weighted by atomic mass is 32.2. The van der Waals surface area contributed by atoms with Crippen LogP contribution in [0.15, 0.2) is 40.2 Å². The van der Waals surface area contributed by atoms with Crippen molar-refractivity contribution < 1.29 is 4.79 Å². The number of hydrogen-bond acceptors (Lipinski definition) is 5. The number of nitrogens with zero attached hydrogens (tertiary/aromatic N) is 1. The summed E-state index contributed by atoms with van der Waals surface area (Å²) in [6.45, 7) is 4.82. The van der Waals surface area contributed by atoms with Gasteiger partial charge in [0.2, 0.25) is 5.91 Å². The Morgan fingerprint density at radius 3 is 2.52 bits per heavy atom. The first-order chi connectivity index (χ1) is 13.3. The van der Waals surface area contributed by atoms with Crippen LogP contribution in [-0.4, -0.2) is 28.2 Å². The Kier molecular flexibility index (Phi) is 7.55. The topological polar surface area (TPSA) is 57.8 Å². The molecule has 1 saturated carbocycles. The molecule has 2 N–H and O–H groups in total. The van der Waals surface area contributed by atoms with Gasteiger partial charge in [0.15, 0.2) is 5.16 Å².